The first kappa shape index (κ1) is 33.1. The zero-order valence-electron chi connectivity index (χ0n) is 28.0. The normalized spacial score (nSPS) is 30.2. The fourth-order valence-corrected chi connectivity index (χ4v) is 8.62. The number of rotatable bonds is 14. The Labute approximate surface area is 235 Å². The summed E-state index contributed by atoms with van der Waals surface area (Å²) in [5.74, 6) is 3.65. The van der Waals surface area contributed by atoms with Gasteiger partial charge >= 0.3 is 0 Å². The van der Waals surface area contributed by atoms with Gasteiger partial charge in [-0.05, 0) is 106 Å². The Morgan fingerprint density at radius 2 is 0.973 bits per heavy atom. The second-order valence-electron chi connectivity index (χ2n) is 16.8. The highest BCUT2D eigenvalue weighted by atomic mass is 15.3. The van der Waals surface area contributed by atoms with Gasteiger partial charge in [0.15, 0.2) is 0 Å². The van der Waals surface area contributed by atoms with E-state index >= 15 is 0 Å². The second kappa shape index (κ2) is 13.5. The molecule has 2 nitrogen and oxygen atoms in total. The van der Waals surface area contributed by atoms with Gasteiger partial charge in [0.05, 0.1) is 53.4 Å². The van der Waals surface area contributed by atoms with Crippen molar-refractivity contribution in [3.63, 3.8) is 0 Å². The molecule has 2 aliphatic rings. The fraction of sp³-hybridized carbons (Fsp3) is 1.00. The molecule has 220 valence electrons. The topological polar surface area (TPSA) is 0 Å². The SMILES string of the molecule is CC1CCCC(C)(C)C1CCC(C)[N+](C)(C)CCCCC[N+](C)(C)C(C)CCC1C(C)CCCC1(C)C. The van der Waals surface area contributed by atoms with Gasteiger partial charge < -0.3 is 8.97 Å². The highest BCUT2D eigenvalue weighted by molar-refractivity contribution is 4.87. The van der Waals surface area contributed by atoms with Crippen LogP contribution in [0, 0.1) is 34.5 Å². The smallest absolute Gasteiger partial charge is 0.0857 e. The quantitative estimate of drug-likeness (QED) is 0.158. The molecule has 6 unspecified atom stereocenters. The zero-order valence-corrected chi connectivity index (χ0v) is 28.0. The van der Waals surface area contributed by atoms with Gasteiger partial charge in [0.1, 0.15) is 0 Å². The first-order chi connectivity index (χ1) is 17.0. The number of unbranched alkanes of at least 4 members (excludes halogenated alkanes) is 2. The lowest BCUT2D eigenvalue weighted by atomic mass is 9.62. The third-order valence-electron chi connectivity index (χ3n) is 12.5. The van der Waals surface area contributed by atoms with Crippen LogP contribution in [0.15, 0.2) is 0 Å². The van der Waals surface area contributed by atoms with E-state index in [0.29, 0.717) is 10.8 Å². The molecule has 0 amide bonds. The summed E-state index contributed by atoms with van der Waals surface area (Å²) in [5.41, 5.74) is 1.09. The van der Waals surface area contributed by atoms with Crippen molar-refractivity contribution in [3.8, 4) is 0 Å². The van der Waals surface area contributed by atoms with Crippen LogP contribution in [-0.2, 0) is 0 Å². The van der Waals surface area contributed by atoms with Crippen LogP contribution in [0.5, 0.6) is 0 Å². The third-order valence-corrected chi connectivity index (χ3v) is 12.5. The lowest BCUT2D eigenvalue weighted by molar-refractivity contribution is -0.915. The maximum Gasteiger partial charge on any atom is 0.0857 e. The lowest BCUT2D eigenvalue weighted by Crippen LogP contribution is -2.49. The van der Waals surface area contributed by atoms with Crippen LogP contribution in [-0.4, -0.2) is 62.3 Å². The average molecular weight is 521 g/mol. The molecule has 0 aromatic carbocycles. The van der Waals surface area contributed by atoms with Gasteiger partial charge in [-0.15, -0.1) is 0 Å². The van der Waals surface area contributed by atoms with Crippen molar-refractivity contribution >= 4 is 0 Å². The molecule has 0 spiro atoms. The Hall–Kier alpha value is -0.0800. The van der Waals surface area contributed by atoms with Crippen molar-refractivity contribution in [1.29, 1.82) is 0 Å². The number of hydrogen-bond acceptors (Lipinski definition) is 0. The Morgan fingerprint density at radius 3 is 1.30 bits per heavy atom. The minimum atomic E-state index is 0.543. The molecule has 2 fully saturated rings. The zero-order chi connectivity index (χ0) is 28.1. The molecule has 0 saturated heterocycles. The van der Waals surface area contributed by atoms with Crippen molar-refractivity contribution in [2.24, 2.45) is 34.5 Å². The summed E-state index contributed by atoms with van der Waals surface area (Å²) in [7, 11) is 9.98. The van der Waals surface area contributed by atoms with Crippen molar-refractivity contribution < 1.29 is 8.97 Å². The molecule has 2 aliphatic carbocycles. The molecule has 0 N–H and O–H groups in total. The Kier molecular flexibility index (Phi) is 12.1. The summed E-state index contributed by atoms with van der Waals surface area (Å²) in [6.07, 6.45) is 18.4. The van der Waals surface area contributed by atoms with Crippen molar-refractivity contribution in [2.45, 2.75) is 151 Å². The van der Waals surface area contributed by atoms with Crippen molar-refractivity contribution in [3.05, 3.63) is 0 Å². The molecule has 6 atom stereocenters. The third kappa shape index (κ3) is 9.51. The van der Waals surface area contributed by atoms with Gasteiger partial charge in [0.25, 0.3) is 0 Å². The molecule has 2 heteroatoms. The van der Waals surface area contributed by atoms with Crippen LogP contribution >= 0.6 is 0 Å². The average Bonchev–Trinajstić information content (AvgIpc) is 2.76. The van der Waals surface area contributed by atoms with E-state index in [1.54, 1.807) is 0 Å². The summed E-state index contributed by atoms with van der Waals surface area (Å²) < 4.78 is 2.40. The van der Waals surface area contributed by atoms with E-state index < -0.39 is 0 Å². The van der Waals surface area contributed by atoms with E-state index in [1.165, 1.54) is 106 Å². The maximum atomic E-state index is 2.54. The van der Waals surface area contributed by atoms with Gasteiger partial charge in [-0.1, -0.05) is 67.2 Å². The molecule has 0 heterocycles. The molecule has 37 heavy (non-hydrogen) atoms. The van der Waals surface area contributed by atoms with Crippen molar-refractivity contribution in [2.75, 3.05) is 41.3 Å². The standard InChI is InChI=1S/C35H72N2/c1-28-18-16-24-34(5,6)32(28)22-20-30(3)36(9,10)26-14-13-15-27-37(11,12)31(4)21-23-33-29(2)19-17-25-35(33,7)8/h28-33H,13-27H2,1-12H3/q+2. The predicted octanol–water partition coefficient (Wildman–Crippen LogP) is 9.57. The summed E-state index contributed by atoms with van der Waals surface area (Å²) in [5, 5.41) is 0. The highest BCUT2D eigenvalue weighted by Crippen LogP contribution is 2.47. The first-order valence-electron chi connectivity index (χ1n) is 16.6. The van der Waals surface area contributed by atoms with Crippen LogP contribution in [0.25, 0.3) is 0 Å². The van der Waals surface area contributed by atoms with E-state index in [1.807, 2.05) is 0 Å². The maximum absolute atomic E-state index is 2.54. The minimum absolute atomic E-state index is 0.543. The van der Waals surface area contributed by atoms with Crippen LogP contribution in [0.2, 0.25) is 0 Å². The van der Waals surface area contributed by atoms with E-state index in [-0.39, 0.29) is 0 Å². The minimum Gasteiger partial charge on any atom is -0.326 e. The summed E-state index contributed by atoms with van der Waals surface area (Å²) >= 11 is 0. The number of quaternary nitrogens is 2. The van der Waals surface area contributed by atoms with E-state index in [4.69, 9.17) is 0 Å². The van der Waals surface area contributed by atoms with E-state index in [2.05, 4.69) is 83.6 Å². The predicted molar refractivity (Wildman–Crippen MR) is 166 cm³/mol. The summed E-state index contributed by atoms with van der Waals surface area (Å²) in [4.78, 5) is 0. The fourth-order valence-electron chi connectivity index (χ4n) is 8.62. The molecule has 0 aliphatic heterocycles. The van der Waals surface area contributed by atoms with Gasteiger partial charge in [0, 0.05) is 0 Å². The van der Waals surface area contributed by atoms with Gasteiger partial charge in [-0.25, -0.2) is 0 Å². The molecule has 2 saturated carbocycles. The van der Waals surface area contributed by atoms with E-state index in [0.717, 1.165) is 35.8 Å². The van der Waals surface area contributed by atoms with Gasteiger partial charge in [-0.2, -0.15) is 0 Å². The monoisotopic (exact) mass is 521 g/mol. The largest absolute Gasteiger partial charge is 0.326 e. The Morgan fingerprint density at radius 1 is 0.622 bits per heavy atom. The molecular formula is C35H72N2+2. The molecule has 2 rings (SSSR count). The van der Waals surface area contributed by atoms with E-state index in [9.17, 15) is 0 Å². The van der Waals surface area contributed by atoms with Gasteiger partial charge in [-0.3, -0.25) is 0 Å². The van der Waals surface area contributed by atoms with Crippen LogP contribution < -0.4 is 0 Å². The number of nitrogens with zero attached hydrogens (tertiary/aromatic N) is 2. The Bertz CT molecular complexity index is 604. The molecule has 0 radical (unpaired) electrons. The van der Waals surface area contributed by atoms with Crippen molar-refractivity contribution in [1.82, 2.24) is 0 Å². The second-order valence-corrected chi connectivity index (χ2v) is 16.8. The summed E-state index contributed by atoms with van der Waals surface area (Å²) in [6, 6.07) is 1.53. The lowest BCUT2D eigenvalue weighted by Gasteiger charge is -2.45. The molecular weight excluding hydrogens is 448 g/mol. The Balaban J connectivity index is 1.70. The molecule has 0 aromatic heterocycles. The summed E-state index contributed by atoms with van der Waals surface area (Å²) in [6.45, 7) is 22.9. The highest BCUT2D eigenvalue weighted by Gasteiger charge is 2.39. The molecule has 0 aromatic rings. The van der Waals surface area contributed by atoms with Crippen LogP contribution in [0.1, 0.15) is 139 Å². The number of hydrogen-bond donors (Lipinski definition) is 0. The molecule has 0 bridgehead atoms. The first-order valence-corrected chi connectivity index (χ1v) is 16.6. The van der Waals surface area contributed by atoms with Crippen LogP contribution in [0.3, 0.4) is 0 Å². The van der Waals surface area contributed by atoms with Gasteiger partial charge in [0.2, 0.25) is 0 Å². The van der Waals surface area contributed by atoms with Crippen LogP contribution in [0.4, 0.5) is 0 Å².